The Labute approximate surface area is 157 Å². The molecular weight excluding hydrogens is 340 g/mol. The predicted molar refractivity (Wildman–Crippen MR) is 107 cm³/mol. The third kappa shape index (κ3) is 39.3. The Morgan fingerprint density at radius 2 is 1.44 bits per heavy atom. The summed E-state index contributed by atoms with van der Waals surface area (Å²) in [7, 11) is 0. The van der Waals surface area contributed by atoms with Gasteiger partial charge in [-0.25, -0.2) is 4.79 Å². The van der Waals surface area contributed by atoms with E-state index in [4.69, 9.17) is 21.4 Å². The van der Waals surface area contributed by atoms with Crippen LogP contribution in [-0.4, -0.2) is 29.5 Å². The number of carbonyl (C=O) groups is 2. The van der Waals surface area contributed by atoms with E-state index in [9.17, 15) is 9.59 Å². The van der Waals surface area contributed by atoms with Gasteiger partial charge in [0.15, 0.2) is 0 Å². The van der Waals surface area contributed by atoms with Gasteiger partial charge < -0.3 is 9.84 Å². The third-order valence-corrected chi connectivity index (χ3v) is 2.74. The van der Waals surface area contributed by atoms with Gasteiger partial charge >= 0.3 is 5.97 Å². The molecule has 0 aromatic carbocycles. The van der Waals surface area contributed by atoms with Gasteiger partial charge in [-0.3, -0.25) is 4.79 Å². The van der Waals surface area contributed by atoms with E-state index in [-0.39, 0.29) is 5.97 Å². The summed E-state index contributed by atoms with van der Waals surface area (Å²) in [5.74, 6) is -0.332. The molecule has 0 amide bonds. The molecule has 0 saturated carbocycles. The Morgan fingerprint density at radius 1 is 0.960 bits per heavy atom. The third-order valence-electron chi connectivity index (χ3n) is 2.59. The molecule has 0 aliphatic rings. The molecule has 0 aromatic heterocycles. The van der Waals surface area contributed by atoms with E-state index >= 15 is 0 Å². The number of hydrogen-bond donors (Lipinski definition) is 1. The number of carbonyl (C=O) groups excluding carboxylic acids is 2. The monoisotopic (exact) mass is 372 g/mol. The summed E-state index contributed by atoms with van der Waals surface area (Å²) < 4.78 is 4.79. The molecule has 1 N–H and O–H groups in total. The van der Waals surface area contributed by atoms with E-state index in [2.05, 4.69) is 25.3 Å². The maximum atomic E-state index is 10.5. The number of halogens is 1. The van der Waals surface area contributed by atoms with Crippen LogP contribution in [0.4, 0.5) is 0 Å². The average Bonchev–Trinajstić information content (AvgIpc) is 2.62. The molecule has 4 nitrogen and oxygen atoms in total. The summed E-state index contributed by atoms with van der Waals surface area (Å²) in [5.41, 5.74) is 0. The zero-order chi connectivity index (χ0) is 19.8. The minimum Gasteiger partial charge on any atom is -0.463 e. The molecule has 0 fully saturated rings. The molecule has 25 heavy (non-hydrogen) atoms. The van der Waals surface area contributed by atoms with Gasteiger partial charge in [-0.05, 0) is 70.0 Å². The lowest BCUT2D eigenvalue weighted by molar-refractivity contribution is -0.137. The molecule has 0 aromatic rings. The van der Waals surface area contributed by atoms with Gasteiger partial charge in [-0.15, -0.1) is 0 Å². The van der Waals surface area contributed by atoms with Crippen LogP contribution in [0.1, 0.15) is 52.4 Å². The standard InChI is InChI=1S/C10H16O2.C7H14O.C3H3ClO/c1-3-5-6-7-8-9-12-10(11)4-2;1-2-3-4-5-6-7-8;1-2-3(4)5/h3-5H,2,6-9H2,1H3;2-3,8H,4-7H2,1H3;2H,1H2/b5-3+;3-2+;. The first-order valence-corrected chi connectivity index (χ1v) is 8.82. The summed E-state index contributed by atoms with van der Waals surface area (Å²) in [4.78, 5) is 20.0. The van der Waals surface area contributed by atoms with E-state index in [1.54, 1.807) is 0 Å². The highest BCUT2D eigenvalue weighted by molar-refractivity contribution is 6.66. The second-order valence-electron chi connectivity index (χ2n) is 4.73. The van der Waals surface area contributed by atoms with Crippen LogP contribution in [0.25, 0.3) is 0 Å². The molecule has 0 atom stereocenters. The number of aliphatic hydroxyl groups is 1. The van der Waals surface area contributed by atoms with E-state index in [0.29, 0.717) is 13.2 Å². The Hall–Kier alpha value is -1.65. The van der Waals surface area contributed by atoms with Crippen LogP contribution >= 0.6 is 11.6 Å². The van der Waals surface area contributed by atoms with Crippen LogP contribution < -0.4 is 0 Å². The minimum absolute atomic E-state index is 0.331. The quantitative estimate of drug-likeness (QED) is 0.179. The highest BCUT2D eigenvalue weighted by atomic mass is 35.5. The summed E-state index contributed by atoms with van der Waals surface area (Å²) in [6.07, 6.45) is 16.7. The molecular formula is C20H33ClO4. The largest absolute Gasteiger partial charge is 0.463 e. The first kappa shape index (κ1) is 28.2. The zero-order valence-electron chi connectivity index (χ0n) is 15.6. The fourth-order valence-corrected chi connectivity index (χ4v) is 1.30. The number of rotatable bonds is 11. The Morgan fingerprint density at radius 3 is 1.80 bits per heavy atom. The number of allylic oxidation sites excluding steroid dienone is 5. The van der Waals surface area contributed by atoms with Gasteiger partial charge in [0.1, 0.15) is 0 Å². The van der Waals surface area contributed by atoms with Crippen molar-refractivity contribution in [2.75, 3.05) is 13.2 Å². The Balaban J connectivity index is -0.000000321. The second kappa shape index (κ2) is 27.2. The lowest BCUT2D eigenvalue weighted by atomic mass is 10.2. The molecule has 0 aliphatic carbocycles. The highest BCUT2D eigenvalue weighted by Gasteiger charge is 1.93. The predicted octanol–water partition coefficient (Wildman–Crippen LogP) is 5.12. The number of unbranched alkanes of at least 4 members (excludes halogenated alkanes) is 4. The molecule has 0 unspecified atom stereocenters. The van der Waals surface area contributed by atoms with Crippen molar-refractivity contribution in [1.29, 1.82) is 0 Å². The fourth-order valence-electron chi connectivity index (χ4n) is 1.30. The number of esters is 1. The van der Waals surface area contributed by atoms with Crippen LogP contribution in [0.15, 0.2) is 49.6 Å². The van der Waals surface area contributed by atoms with Crippen molar-refractivity contribution >= 4 is 22.8 Å². The molecule has 5 heteroatoms. The molecule has 0 aliphatic heterocycles. The zero-order valence-corrected chi connectivity index (χ0v) is 16.3. The van der Waals surface area contributed by atoms with Gasteiger partial charge in [0.2, 0.25) is 5.24 Å². The minimum atomic E-state index is -0.509. The Kier molecular flexibility index (Phi) is 30.7. The van der Waals surface area contributed by atoms with Crippen molar-refractivity contribution in [3.05, 3.63) is 49.6 Å². The molecule has 144 valence electrons. The van der Waals surface area contributed by atoms with Crippen LogP contribution in [-0.2, 0) is 14.3 Å². The second-order valence-corrected chi connectivity index (χ2v) is 5.11. The number of ether oxygens (including phenoxy) is 1. The first-order valence-electron chi connectivity index (χ1n) is 8.44. The van der Waals surface area contributed by atoms with Crippen molar-refractivity contribution < 1.29 is 19.4 Å². The van der Waals surface area contributed by atoms with Crippen LogP contribution in [0.5, 0.6) is 0 Å². The normalized spacial score (nSPS) is 9.60. The lowest BCUT2D eigenvalue weighted by Crippen LogP contribution is -2.01. The molecule has 0 spiro atoms. The molecule has 0 heterocycles. The van der Waals surface area contributed by atoms with Crippen LogP contribution in [0, 0.1) is 0 Å². The van der Waals surface area contributed by atoms with Gasteiger partial charge in [-0.1, -0.05) is 37.5 Å². The van der Waals surface area contributed by atoms with Crippen molar-refractivity contribution in [3.63, 3.8) is 0 Å². The van der Waals surface area contributed by atoms with Gasteiger partial charge in [-0.2, -0.15) is 0 Å². The van der Waals surface area contributed by atoms with Crippen molar-refractivity contribution in [1.82, 2.24) is 0 Å². The van der Waals surface area contributed by atoms with Crippen molar-refractivity contribution in [3.8, 4) is 0 Å². The average molecular weight is 373 g/mol. The number of hydrogen-bond acceptors (Lipinski definition) is 4. The van der Waals surface area contributed by atoms with Gasteiger partial charge in [0, 0.05) is 12.7 Å². The smallest absolute Gasteiger partial charge is 0.330 e. The topological polar surface area (TPSA) is 63.6 Å². The van der Waals surface area contributed by atoms with E-state index < -0.39 is 5.24 Å². The van der Waals surface area contributed by atoms with E-state index in [1.807, 2.05) is 26.0 Å². The van der Waals surface area contributed by atoms with E-state index in [1.165, 1.54) is 6.08 Å². The van der Waals surface area contributed by atoms with Gasteiger partial charge in [0.25, 0.3) is 0 Å². The molecule has 0 radical (unpaired) electrons. The van der Waals surface area contributed by atoms with Crippen LogP contribution in [0.3, 0.4) is 0 Å². The van der Waals surface area contributed by atoms with E-state index in [0.717, 1.165) is 44.6 Å². The lowest BCUT2D eigenvalue weighted by Gasteiger charge is -1.99. The van der Waals surface area contributed by atoms with Gasteiger partial charge in [0.05, 0.1) is 6.61 Å². The summed E-state index contributed by atoms with van der Waals surface area (Å²) in [6, 6.07) is 0. The summed E-state index contributed by atoms with van der Waals surface area (Å²) in [6.45, 7) is 11.2. The maximum Gasteiger partial charge on any atom is 0.330 e. The van der Waals surface area contributed by atoms with Crippen LogP contribution in [0.2, 0.25) is 0 Å². The Bertz CT molecular complexity index is 387. The summed E-state index contributed by atoms with van der Waals surface area (Å²) in [5, 5.41) is 7.83. The first-order chi connectivity index (χ1) is 12.0. The molecule has 0 saturated heterocycles. The summed E-state index contributed by atoms with van der Waals surface area (Å²) >= 11 is 4.71. The molecule has 0 bridgehead atoms. The van der Waals surface area contributed by atoms with Crippen molar-refractivity contribution in [2.45, 2.75) is 52.4 Å². The SMILES string of the molecule is C/C=C/CCCCO.C=CC(=O)Cl.C=CC(=O)OCCCC/C=C/C. The number of aliphatic hydroxyl groups excluding tert-OH is 1. The fraction of sp³-hybridized carbons (Fsp3) is 0.500. The maximum absolute atomic E-state index is 10.5. The van der Waals surface area contributed by atoms with Crippen molar-refractivity contribution in [2.24, 2.45) is 0 Å². The molecule has 0 rings (SSSR count). The highest BCUT2D eigenvalue weighted by Crippen LogP contribution is 1.97.